The van der Waals surface area contributed by atoms with Crippen LogP contribution in [0, 0.1) is 6.92 Å². The van der Waals surface area contributed by atoms with Gasteiger partial charge in [-0.2, -0.15) is 18.3 Å². The number of aromatic nitrogens is 2. The van der Waals surface area contributed by atoms with Crippen molar-refractivity contribution in [2.75, 3.05) is 0 Å². The van der Waals surface area contributed by atoms with E-state index in [1.807, 2.05) is 13.0 Å². The Morgan fingerprint density at radius 2 is 2.04 bits per heavy atom. The van der Waals surface area contributed by atoms with Gasteiger partial charge in [-0.1, -0.05) is 42.5 Å². The first-order chi connectivity index (χ1) is 12.2. The maximum Gasteiger partial charge on any atom is 0.433 e. The van der Waals surface area contributed by atoms with Gasteiger partial charge in [-0.15, -0.1) is 11.8 Å². The van der Waals surface area contributed by atoms with E-state index < -0.39 is 11.9 Å². The zero-order valence-electron chi connectivity index (χ0n) is 14.6. The first-order valence-electron chi connectivity index (χ1n) is 8.20. The molecule has 138 valence electrons. The second-order valence-corrected chi connectivity index (χ2v) is 7.55. The normalized spacial score (nSPS) is 17.3. The van der Waals surface area contributed by atoms with Gasteiger partial charge in [0.1, 0.15) is 5.69 Å². The molecule has 1 atom stereocenters. The lowest BCUT2D eigenvalue weighted by Crippen LogP contribution is -2.12. The lowest BCUT2D eigenvalue weighted by atomic mass is 10.1. The van der Waals surface area contributed by atoms with Crippen LogP contribution in [0.1, 0.15) is 34.2 Å². The van der Waals surface area contributed by atoms with E-state index in [1.165, 1.54) is 24.4 Å². The van der Waals surface area contributed by atoms with Crippen LogP contribution in [-0.2, 0) is 19.8 Å². The van der Waals surface area contributed by atoms with Gasteiger partial charge < -0.3 is 5.32 Å². The van der Waals surface area contributed by atoms with Crippen molar-refractivity contribution >= 4 is 11.8 Å². The molecular formula is C19H20F3N3S. The number of thioether (sulfide) groups is 1. The molecule has 1 aromatic heterocycles. The number of hydrogen-bond acceptors (Lipinski definition) is 3. The molecule has 0 aliphatic carbocycles. The summed E-state index contributed by atoms with van der Waals surface area (Å²) in [7, 11) is 1.32. The SMILES string of the molecule is C=C(NCc1ccc(C)cc1)C1=CCC(c2cc(C(F)(F)F)n(C)n2)S1. The van der Waals surface area contributed by atoms with Crippen LogP contribution in [0.5, 0.6) is 0 Å². The van der Waals surface area contributed by atoms with Crippen molar-refractivity contribution in [3.63, 3.8) is 0 Å². The van der Waals surface area contributed by atoms with Gasteiger partial charge in [0.05, 0.1) is 10.9 Å². The summed E-state index contributed by atoms with van der Waals surface area (Å²) < 4.78 is 39.7. The highest BCUT2D eigenvalue weighted by atomic mass is 32.2. The molecule has 1 unspecified atom stereocenters. The fourth-order valence-corrected chi connectivity index (χ4v) is 3.89. The third-order valence-electron chi connectivity index (χ3n) is 4.23. The number of benzene rings is 1. The third-order valence-corrected chi connectivity index (χ3v) is 5.61. The van der Waals surface area contributed by atoms with Crippen LogP contribution in [0.4, 0.5) is 13.2 Å². The quantitative estimate of drug-likeness (QED) is 0.783. The average Bonchev–Trinajstić information content (AvgIpc) is 3.20. The van der Waals surface area contributed by atoms with Crippen LogP contribution >= 0.6 is 11.8 Å². The molecule has 7 heteroatoms. The number of allylic oxidation sites excluding steroid dienone is 1. The molecule has 3 nitrogen and oxygen atoms in total. The Balaban J connectivity index is 1.59. The smallest absolute Gasteiger partial charge is 0.381 e. The Hall–Kier alpha value is -2.15. The van der Waals surface area contributed by atoms with Crippen molar-refractivity contribution < 1.29 is 13.2 Å². The molecule has 0 radical (unpaired) electrons. The molecule has 0 bridgehead atoms. The Labute approximate surface area is 155 Å². The second-order valence-electron chi connectivity index (χ2n) is 6.30. The van der Waals surface area contributed by atoms with Gasteiger partial charge in [-0.25, -0.2) is 0 Å². The highest BCUT2D eigenvalue weighted by Gasteiger charge is 2.36. The van der Waals surface area contributed by atoms with Gasteiger partial charge in [0.15, 0.2) is 0 Å². The lowest BCUT2D eigenvalue weighted by molar-refractivity contribution is -0.143. The van der Waals surface area contributed by atoms with E-state index in [2.05, 4.69) is 41.3 Å². The molecule has 0 amide bonds. The first kappa shape index (κ1) is 18.6. The van der Waals surface area contributed by atoms with Gasteiger partial charge in [-0.3, -0.25) is 4.68 Å². The van der Waals surface area contributed by atoms with Crippen molar-refractivity contribution in [2.45, 2.75) is 31.3 Å². The number of aryl methyl sites for hydroxylation is 2. The van der Waals surface area contributed by atoms with Crippen LogP contribution in [0.15, 0.2) is 53.6 Å². The topological polar surface area (TPSA) is 29.9 Å². The molecule has 1 aromatic carbocycles. The van der Waals surface area contributed by atoms with Crippen LogP contribution < -0.4 is 5.32 Å². The van der Waals surface area contributed by atoms with E-state index in [9.17, 15) is 13.2 Å². The number of hydrogen-bond donors (Lipinski definition) is 1. The minimum Gasteiger partial charge on any atom is -0.381 e. The van der Waals surface area contributed by atoms with Gasteiger partial charge >= 0.3 is 6.18 Å². The van der Waals surface area contributed by atoms with Crippen molar-refractivity contribution in [1.29, 1.82) is 0 Å². The Kier molecular flexibility index (Phi) is 5.18. The van der Waals surface area contributed by atoms with E-state index in [-0.39, 0.29) is 5.25 Å². The monoisotopic (exact) mass is 379 g/mol. The Morgan fingerprint density at radius 3 is 2.65 bits per heavy atom. The summed E-state index contributed by atoms with van der Waals surface area (Å²) in [6, 6.07) is 9.36. The fraction of sp³-hybridized carbons (Fsp3) is 0.316. The van der Waals surface area contributed by atoms with E-state index in [4.69, 9.17) is 0 Å². The Morgan fingerprint density at radius 1 is 1.35 bits per heavy atom. The summed E-state index contributed by atoms with van der Waals surface area (Å²) in [4.78, 5) is 0.960. The summed E-state index contributed by atoms with van der Waals surface area (Å²) in [5, 5.41) is 7.21. The van der Waals surface area contributed by atoms with Crippen molar-refractivity contribution in [2.24, 2.45) is 7.05 Å². The number of nitrogens with one attached hydrogen (secondary N) is 1. The molecule has 26 heavy (non-hydrogen) atoms. The van der Waals surface area contributed by atoms with Crippen LogP contribution in [0.25, 0.3) is 0 Å². The molecule has 1 aliphatic heterocycles. The molecule has 1 aliphatic rings. The standard InChI is InChI=1S/C19H20F3N3S/c1-12-4-6-14(7-5-12)11-23-13(2)16-8-9-17(26-16)15-10-18(19(20,21)22)25(3)24-15/h4-8,10,17,23H,2,9,11H2,1,3H3. The van der Waals surface area contributed by atoms with Crippen molar-refractivity contribution in [3.8, 4) is 0 Å². The lowest BCUT2D eigenvalue weighted by Gasteiger charge is -2.12. The first-order valence-corrected chi connectivity index (χ1v) is 9.08. The summed E-state index contributed by atoms with van der Waals surface area (Å²) >= 11 is 1.50. The molecule has 0 saturated carbocycles. The molecule has 2 aromatic rings. The average molecular weight is 379 g/mol. The minimum absolute atomic E-state index is 0.120. The highest BCUT2D eigenvalue weighted by molar-refractivity contribution is 8.03. The van der Waals surface area contributed by atoms with Gasteiger partial charge in [-0.05, 0) is 25.0 Å². The molecule has 0 saturated heterocycles. The summed E-state index contributed by atoms with van der Waals surface area (Å²) in [6.45, 7) is 6.75. The van der Waals surface area contributed by atoms with Gasteiger partial charge in [0.2, 0.25) is 0 Å². The number of rotatable bonds is 5. The zero-order valence-corrected chi connectivity index (χ0v) is 15.4. The predicted molar refractivity (Wildman–Crippen MR) is 98.4 cm³/mol. The molecular weight excluding hydrogens is 359 g/mol. The second kappa shape index (κ2) is 7.23. The number of halogens is 3. The predicted octanol–water partition coefficient (Wildman–Crippen LogP) is 5.11. The van der Waals surface area contributed by atoms with Crippen LogP contribution in [0.2, 0.25) is 0 Å². The van der Waals surface area contributed by atoms with E-state index in [0.29, 0.717) is 18.7 Å². The summed E-state index contributed by atoms with van der Waals surface area (Å²) in [6.07, 6.45) is -1.75. The van der Waals surface area contributed by atoms with Gasteiger partial charge in [0.25, 0.3) is 0 Å². The van der Waals surface area contributed by atoms with E-state index in [1.54, 1.807) is 0 Å². The van der Waals surface area contributed by atoms with Gasteiger partial charge in [0, 0.05) is 24.2 Å². The fourth-order valence-electron chi connectivity index (χ4n) is 2.75. The highest BCUT2D eigenvalue weighted by Crippen LogP contribution is 2.46. The molecule has 2 heterocycles. The number of alkyl halides is 3. The summed E-state index contributed by atoms with van der Waals surface area (Å²) in [5.41, 5.74) is 2.86. The van der Waals surface area contributed by atoms with Crippen molar-refractivity contribution in [1.82, 2.24) is 15.1 Å². The third kappa shape index (κ3) is 4.15. The largest absolute Gasteiger partial charge is 0.433 e. The minimum atomic E-state index is -4.39. The number of nitrogens with zero attached hydrogens (tertiary/aromatic N) is 2. The maximum atomic E-state index is 12.9. The molecule has 0 fully saturated rings. The van der Waals surface area contributed by atoms with E-state index >= 15 is 0 Å². The Bertz CT molecular complexity index is 835. The summed E-state index contributed by atoms with van der Waals surface area (Å²) in [5.74, 6) is 0. The maximum absolute atomic E-state index is 12.9. The molecule has 3 rings (SSSR count). The van der Waals surface area contributed by atoms with Crippen molar-refractivity contribution in [3.05, 3.63) is 76.1 Å². The zero-order chi connectivity index (χ0) is 18.9. The van der Waals surface area contributed by atoms with Crippen LogP contribution in [-0.4, -0.2) is 9.78 Å². The molecule has 0 spiro atoms. The van der Waals surface area contributed by atoms with E-state index in [0.717, 1.165) is 26.9 Å². The van der Waals surface area contributed by atoms with Crippen LogP contribution in [0.3, 0.4) is 0 Å². The molecule has 1 N–H and O–H groups in total.